The maximum atomic E-state index is 12.5. The number of aryl methyl sites for hydroxylation is 4. The highest BCUT2D eigenvalue weighted by Gasteiger charge is 2.15. The third kappa shape index (κ3) is 4.01. The van der Waals surface area contributed by atoms with Crippen LogP contribution in [0.25, 0.3) is 22.4 Å². The van der Waals surface area contributed by atoms with Gasteiger partial charge in [-0.15, -0.1) is 11.3 Å². The maximum absolute atomic E-state index is 12.5. The number of anilines is 1. The maximum Gasteiger partial charge on any atom is 0.332 e. The van der Waals surface area contributed by atoms with E-state index in [9.17, 15) is 14.4 Å². The van der Waals surface area contributed by atoms with Gasteiger partial charge in [0.15, 0.2) is 16.3 Å². The molecule has 0 spiro atoms. The molecule has 0 bridgehead atoms. The molecular weight excluding hydrogens is 428 g/mol. The Balaban J connectivity index is 1.41. The van der Waals surface area contributed by atoms with Crippen LogP contribution in [0.1, 0.15) is 24.0 Å². The number of carbonyl (C=O) groups is 1. The zero-order chi connectivity index (χ0) is 23.0. The van der Waals surface area contributed by atoms with Crippen molar-refractivity contribution in [3.05, 3.63) is 61.9 Å². The van der Waals surface area contributed by atoms with Gasteiger partial charge in [0.25, 0.3) is 5.56 Å². The zero-order valence-corrected chi connectivity index (χ0v) is 19.2. The van der Waals surface area contributed by atoms with Crippen molar-refractivity contribution in [2.45, 2.75) is 33.2 Å². The molecule has 0 fully saturated rings. The SMILES string of the molecule is Cc1ccc(C)c(-c2csc(NC(=O)CCCn3cnc4c3c(=O)n(C)c(=O)n4C)n2)c1. The first-order chi connectivity index (χ1) is 15.3. The molecule has 10 heteroatoms. The molecule has 9 nitrogen and oxygen atoms in total. The number of amides is 1. The lowest BCUT2D eigenvalue weighted by molar-refractivity contribution is -0.116. The van der Waals surface area contributed by atoms with E-state index in [4.69, 9.17) is 0 Å². The first-order valence-corrected chi connectivity index (χ1v) is 11.1. The summed E-state index contributed by atoms with van der Waals surface area (Å²) in [5.41, 5.74) is 4.07. The average molecular weight is 453 g/mol. The van der Waals surface area contributed by atoms with Crippen molar-refractivity contribution in [1.29, 1.82) is 0 Å². The number of fused-ring (bicyclic) bond motifs is 1. The van der Waals surface area contributed by atoms with Crippen LogP contribution in [0.5, 0.6) is 0 Å². The fraction of sp³-hybridized carbons (Fsp3) is 0.318. The van der Waals surface area contributed by atoms with E-state index in [2.05, 4.69) is 33.5 Å². The Labute approximate surface area is 188 Å². The molecule has 3 heterocycles. The smallest absolute Gasteiger partial charge is 0.325 e. The van der Waals surface area contributed by atoms with Gasteiger partial charge < -0.3 is 9.88 Å². The third-order valence-corrected chi connectivity index (χ3v) is 6.20. The van der Waals surface area contributed by atoms with Crippen molar-refractivity contribution >= 4 is 33.5 Å². The minimum atomic E-state index is -0.421. The lowest BCUT2D eigenvalue weighted by Gasteiger charge is -2.07. The molecule has 0 saturated heterocycles. The number of thiazole rings is 1. The molecule has 0 radical (unpaired) electrons. The zero-order valence-electron chi connectivity index (χ0n) is 18.4. The highest BCUT2D eigenvalue weighted by Crippen LogP contribution is 2.28. The van der Waals surface area contributed by atoms with Gasteiger partial charge in [-0.25, -0.2) is 14.8 Å². The molecule has 4 rings (SSSR count). The monoisotopic (exact) mass is 452 g/mol. The Morgan fingerprint density at radius 2 is 1.94 bits per heavy atom. The van der Waals surface area contributed by atoms with Gasteiger partial charge >= 0.3 is 5.69 Å². The van der Waals surface area contributed by atoms with E-state index in [0.29, 0.717) is 29.3 Å². The molecule has 4 aromatic rings. The number of imidazole rings is 1. The van der Waals surface area contributed by atoms with Crippen molar-refractivity contribution < 1.29 is 4.79 Å². The Morgan fingerprint density at radius 3 is 2.72 bits per heavy atom. The van der Waals surface area contributed by atoms with Gasteiger partial charge in [0.1, 0.15) is 0 Å². The van der Waals surface area contributed by atoms with Crippen LogP contribution < -0.4 is 16.6 Å². The number of hydrogen-bond donors (Lipinski definition) is 1. The number of rotatable bonds is 6. The molecule has 0 aliphatic carbocycles. The molecule has 0 aliphatic rings. The van der Waals surface area contributed by atoms with Crippen molar-refractivity contribution in [3.63, 3.8) is 0 Å². The van der Waals surface area contributed by atoms with E-state index in [0.717, 1.165) is 27.0 Å². The lowest BCUT2D eigenvalue weighted by atomic mass is 10.0. The van der Waals surface area contributed by atoms with Gasteiger partial charge in [-0.1, -0.05) is 17.7 Å². The van der Waals surface area contributed by atoms with Gasteiger partial charge in [0.05, 0.1) is 12.0 Å². The summed E-state index contributed by atoms with van der Waals surface area (Å²) in [5.74, 6) is -0.142. The van der Waals surface area contributed by atoms with Gasteiger partial charge in [-0.05, 0) is 31.9 Å². The molecule has 1 amide bonds. The first-order valence-electron chi connectivity index (χ1n) is 10.2. The lowest BCUT2D eigenvalue weighted by Crippen LogP contribution is -2.37. The third-order valence-electron chi connectivity index (χ3n) is 5.44. The summed E-state index contributed by atoms with van der Waals surface area (Å²) in [5, 5.41) is 5.35. The summed E-state index contributed by atoms with van der Waals surface area (Å²) in [6.45, 7) is 4.51. The van der Waals surface area contributed by atoms with Crippen molar-refractivity contribution in [2.75, 3.05) is 5.32 Å². The van der Waals surface area contributed by atoms with Gasteiger partial charge in [-0.2, -0.15) is 0 Å². The second kappa shape index (κ2) is 8.54. The van der Waals surface area contributed by atoms with Crippen LogP contribution in [0.15, 0.2) is 39.5 Å². The second-order valence-corrected chi connectivity index (χ2v) is 8.68. The summed E-state index contributed by atoms with van der Waals surface area (Å²) in [7, 11) is 3.02. The quantitative estimate of drug-likeness (QED) is 0.484. The summed E-state index contributed by atoms with van der Waals surface area (Å²) in [4.78, 5) is 45.7. The van der Waals surface area contributed by atoms with Gasteiger partial charge in [0.2, 0.25) is 5.91 Å². The molecule has 32 heavy (non-hydrogen) atoms. The van der Waals surface area contributed by atoms with E-state index in [1.807, 2.05) is 19.2 Å². The number of nitrogens with one attached hydrogen (secondary N) is 1. The van der Waals surface area contributed by atoms with Crippen molar-refractivity contribution in [2.24, 2.45) is 14.1 Å². The first kappa shape index (κ1) is 21.7. The summed E-state index contributed by atoms with van der Waals surface area (Å²) >= 11 is 1.39. The molecule has 0 unspecified atom stereocenters. The largest absolute Gasteiger partial charge is 0.332 e. The Bertz CT molecular complexity index is 1440. The van der Waals surface area contributed by atoms with E-state index >= 15 is 0 Å². The molecule has 0 saturated carbocycles. The number of nitrogens with zero attached hydrogens (tertiary/aromatic N) is 5. The number of carbonyl (C=O) groups excluding carboxylic acids is 1. The minimum absolute atomic E-state index is 0.142. The highest BCUT2D eigenvalue weighted by atomic mass is 32.1. The molecular formula is C22H24N6O3S. The molecule has 166 valence electrons. The van der Waals surface area contributed by atoms with E-state index in [1.165, 1.54) is 29.3 Å². The van der Waals surface area contributed by atoms with Crippen LogP contribution in [0.3, 0.4) is 0 Å². The predicted octanol–water partition coefficient (Wildman–Crippen LogP) is 2.59. The highest BCUT2D eigenvalue weighted by molar-refractivity contribution is 7.14. The average Bonchev–Trinajstić information content (AvgIpc) is 3.40. The molecule has 1 aromatic carbocycles. The Morgan fingerprint density at radius 1 is 1.16 bits per heavy atom. The number of hydrogen-bond acceptors (Lipinski definition) is 6. The van der Waals surface area contributed by atoms with Crippen LogP contribution in [0.2, 0.25) is 0 Å². The molecule has 1 N–H and O–H groups in total. The Kier molecular flexibility index (Phi) is 5.79. The number of benzene rings is 1. The van der Waals surface area contributed by atoms with Crippen molar-refractivity contribution in [3.8, 4) is 11.3 Å². The van der Waals surface area contributed by atoms with Gasteiger partial charge in [-0.3, -0.25) is 18.7 Å². The molecule has 0 atom stereocenters. The normalized spacial score (nSPS) is 11.2. The summed E-state index contributed by atoms with van der Waals surface area (Å²) in [6, 6.07) is 6.21. The van der Waals surface area contributed by atoms with Gasteiger partial charge in [0, 0.05) is 38.0 Å². The fourth-order valence-electron chi connectivity index (χ4n) is 3.62. The van der Waals surface area contributed by atoms with Crippen LogP contribution in [0.4, 0.5) is 5.13 Å². The second-order valence-electron chi connectivity index (χ2n) is 7.82. The Hall–Kier alpha value is -3.53. The fourth-order valence-corrected chi connectivity index (χ4v) is 4.35. The standard InChI is InChI=1S/C22H24N6O3S/c1-13-7-8-14(2)15(10-13)16-11-32-21(24-16)25-17(29)6-5-9-28-12-23-19-18(28)20(30)27(4)22(31)26(19)3/h7-8,10-12H,5-6,9H2,1-4H3,(H,24,25,29). The van der Waals surface area contributed by atoms with Crippen molar-refractivity contribution in [1.82, 2.24) is 23.7 Å². The van der Waals surface area contributed by atoms with Crippen LogP contribution >= 0.6 is 11.3 Å². The topological polar surface area (TPSA) is 104 Å². The van der Waals surface area contributed by atoms with E-state index in [1.54, 1.807) is 11.6 Å². The summed E-state index contributed by atoms with van der Waals surface area (Å²) in [6.07, 6.45) is 2.31. The molecule has 3 aromatic heterocycles. The number of aromatic nitrogens is 5. The molecule has 0 aliphatic heterocycles. The van der Waals surface area contributed by atoms with E-state index < -0.39 is 11.2 Å². The minimum Gasteiger partial charge on any atom is -0.325 e. The summed E-state index contributed by atoms with van der Waals surface area (Å²) < 4.78 is 4.09. The predicted molar refractivity (Wildman–Crippen MR) is 125 cm³/mol. The van der Waals surface area contributed by atoms with Crippen LogP contribution in [-0.4, -0.2) is 29.6 Å². The van der Waals surface area contributed by atoms with E-state index in [-0.39, 0.29) is 12.3 Å². The van der Waals surface area contributed by atoms with Crippen LogP contribution in [0, 0.1) is 13.8 Å². The van der Waals surface area contributed by atoms with Crippen LogP contribution in [-0.2, 0) is 25.4 Å².